The van der Waals surface area contributed by atoms with Crippen LogP contribution in [0.5, 0.6) is 0 Å². The number of hydrogen-bond donors (Lipinski definition) is 2. The van der Waals surface area contributed by atoms with Crippen LogP contribution in [0.15, 0.2) is 24.3 Å². The molecule has 1 aromatic rings. The molecule has 6 nitrogen and oxygen atoms in total. The molecule has 1 aliphatic heterocycles. The van der Waals surface area contributed by atoms with Gasteiger partial charge in [-0.2, -0.15) is 0 Å². The number of amides is 3. The number of benzene rings is 1. The van der Waals surface area contributed by atoms with Gasteiger partial charge in [-0.25, -0.2) is 4.79 Å². The quantitative estimate of drug-likeness (QED) is 0.866. The van der Waals surface area contributed by atoms with Gasteiger partial charge in [0.25, 0.3) is 0 Å². The standard InChI is InChI=1S/C20H32N4O2/c1-15-10-12-24(13-11-15)17-8-6-16(7-9-17)21-19(26)23(5)14-18(25)22-20(2,3)4/h6-9,15H,10-14H2,1-5H3,(H,21,26)(H,22,25). The van der Waals surface area contributed by atoms with Gasteiger partial charge >= 0.3 is 6.03 Å². The predicted molar refractivity (Wildman–Crippen MR) is 107 cm³/mol. The molecule has 0 spiro atoms. The van der Waals surface area contributed by atoms with Gasteiger partial charge in [0.15, 0.2) is 0 Å². The molecule has 0 bridgehead atoms. The molecule has 2 rings (SSSR count). The molecule has 3 amide bonds. The lowest BCUT2D eigenvalue weighted by molar-refractivity contribution is -0.122. The normalized spacial score (nSPS) is 15.5. The number of likely N-dealkylation sites (N-methyl/N-ethyl adjacent to an activating group) is 1. The molecule has 0 radical (unpaired) electrons. The minimum Gasteiger partial charge on any atom is -0.372 e. The first kappa shape index (κ1) is 20.1. The highest BCUT2D eigenvalue weighted by Crippen LogP contribution is 2.24. The highest BCUT2D eigenvalue weighted by atomic mass is 16.2. The summed E-state index contributed by atoms with van der Waals surface area (Å²) in [5.74, 6) is 0.626. The summed E-state index contributed by atoms with van der Waals surface area (Å²) in [6.07, 6.45) is 2.44. The third kappa shape index (κ3) is 6.24. The van der Waals surface area contributed by atoms with Crippen LogP contribution in [-0.2, 0) is 4.79 Å². The van der Waals surface area contributed by atoms with Gasteiger partial charge in [0.05, 0.1) is 0 Å². The van der Waals surface area contributed by atoms with Gasteiger partial charge < -0.3 is 20.4 Å². The van der Waals surface area contributed by atoms with E-state index in [1.165, 1.54) is 23.4 Å². The van der Waals surface area contributed by atoms with Crippen LogP contribution in [0.1, 0.15) is 40.5 Å². The average molecular weight is 361 g/mol. The molecule has 0 saturated carbocycles. The molecule has 1 saturated heterocycles. The fourth-order valence-electron chi connectivity index (χ4n) is 2.99. The molecule has 0 aromatic heterocycles. The molecule has 1 heterocycles. The Bertz CT molecular complexity index is 614. The highest BCUT2D eigenvalue weighted by Gasteiger charge is 2.18. The first-order valence-electron chi connectivity index (χ1n) is 9.32. The Balaban J connectivity index is 1.85. The minimum absolute atomic E-state index is 0.0210. The van der Waals surface area contributed by atoms with Gasteiger partial charge in [-0.1, -0.05) is 6.92 Å². The third-order valence-corrected chi connectivity index (χ3v) is 4.51. The summed E-state index contributed by atoms with van der Waals surface area (Å²) in [5, 5.41) is 5.69. The Kier molecular flexibility index (Phi) is 6.51. The number of rotatable bonds is 4. The molecule has 26 heavy (non-hydrogen) atoms. The lowest BCUT2D eigenvalue weighted by Gasteiger charge is -2.32. The number of nitrogens with one attached hydrogen (secondary N) is 2. The average Bonchev–Trinajstić information content (AvgIpc) is 2.54. The smallest absolute Gasteiger partial charge is 0.322 e. The van der Waals surface area contributed by atoms with Crippen LogP contribution >= 0.6 is 0 Å². The number of anilines is 2. The molecule has 0 atom stereocenters. The number of carbonyl (C=O) groups excluding carboxylic acids is 2. The monoisotopic (exact) mass is 360 g/mol. The van der Waals surface area contributed by atoms with Gasteiger partial charge in [-0.3, -0.25) is 4.79 Å². The van der Waals surface area contributed by atoms with Gasteiger partial charge in [0, 0.05) is 37.1 Å². The van der Waals surface area contributed by atoms with Gasteiger partial charge in [-0.05, 0) is 63.8 Å². The predicted octanol–water partition coefficient (Wildman–Crippen LogP) is 3.30. The van der Waals surface area contributed by atoms with Crippen molar-refractivity contribution in [2.45, 2.75) is 46.1 Å². The summed E-state index contributed by atoms with van der Waals surface area (Å²) in [6, 6.07) is 7.60. The van der Waals surface area contributed by atoms with E-state index in [0.717, 1.165) is 24.7 Å². The topological polar surface area (TPSA) is 64.7 Å². The first-order chi connectivity index (χ1) is 12.1. The van der Waals surface area contributed by atoms with E-state index in [1.807, 2.05) is 45.0 Å². The second-order valence-electron chi connectivity index (χ2n) is 8.30. The van der Waals surface area contributed by atoms with Crippen LogP contribution in [0.4, 0.5) is 16.2 Å². The third-order valence-electron chi connectivity index (χ3n) is 4.51. The van der Waals surface area contributed by atoms with Gasteiger partial charge in [-0.15, -0.1) is 0 Å². The maximum Gasteiger partial charge on any atom is 0.322 e. The Morgan fingerprint density at radius 1 is 1.15 bits per heavy atom. The van der Waals surface area contributed by atoms with Crippen molar-refractivity contribution in [1.82, 2.24) is 10.2 Å². The molecule has 6 heteroatoms. The van der Waals surface area contributed by atoms with Crippen molar-refractivity contribution in [1.29, 1.82) is 0 Å². The zero-order chi connectivity index (χ0) is 19.3. The van der Waals surface area contributed by atoms with E-state index < -0.39 is 0 Å². The number of piperidine rings is 1. The van der Waals surface area contributed by atoms with Crippen molar-refractivity contribution in [3.63, 3.8) is 0 Å². The second-order valence-corrected chi connectivity index (χ2v) is 8.30. The van der Waals surface area contributed by atoms with Crippen LogP contribution in [0.2, 0.25) is 0 Å². The van der Waals surface area contributed by atoms with Crippen molar-refractivity contribution in [3.05, 3.63) is 24.3 Å². The second kappa shape index (κ2) is 8.43. The molecule has 0 aliphatic carbocycles. The zero-order valence-corrected chi connectivity index (χ0v) is 16.6. The van der Waals surface area contributed by atoms with Crippen LogP contribution < -0.4 is 15.5 Å². The van der Waals surface area contributed by atoms with Crippen LogP contribution in [0, 0.1) is 5.92 Å². The van der Waals surface area contributed by atoms with E-state index in [0.29, 0.717) is 0 Å². The lowest BCUT2D eigenvalue weighted by Crippen LogP contribution is -2.47. The molecule has 1 aliphatic rings. The SMILES string of the molecule is CC1CCN(c2ccc(NC(=O)N(C)CC(=O)NC(C)(C)C)cc2)CC1. The van der Waals surface area contributed by atoms with Gasteiger partial charge in [0.2, 0.25) is 5.91 Å². The molecule has 1 aromatic carbocycles. The maximum atomic E-state index is 12.3. The molecule has 2 N–H and O–H groups in total. The van der Waals surface area contributed by atoms with E-state index in [2.05, 4.69) is 22.5 Å². The first-order valence-corrected chi connectivity index (χ1v) is 9.32. The number of nitrogens with zero attached hydrogens (tertiary/aromatic N) is 2. The highest BCUT2D eigenvalue weighted by molar-refractivity contribution is 5.92. The van der Waals surface area contributed by atoms with Crippen LogP contribution in [0.25, 0.3) is 0 Å². The number of urea groups is 1. The Morgan fingerprint density at radius 2 is 1.73 bits per heavy atom. The summed E-state index contributed by atoms with van der Waals surface area (Å²) < 4.78 is 0. The summed E-state index contributed by atoms with van der Waals surface area (Å²) in [4.78, 5) is 28.0. The Morgan fingerprint density at radius 3 is 2.27 bits per heavy atom. The Hall–Kier alpha value is -2.24. The molecular formula is C20H32N4O2. The summed E-state index contributed by atoms with van der Waals surface area (Å²) in [6.45, 7) is 10.2. The van der Waals surface area contributed by atoms with Crippen molar-refractivity contribution in [2.24, 2.45) is 5.92 Å². The van der Waals surface area contributed by atoms with E-state index in [1.54, 1.807) is 7.05 Å². The summed E-state index contributed by atoms with van der Waals surface area (Å²) in [5.41, 5.74) is 1.61. The molecule has 0 unspecified atom stereocenters. The van der Waals surface area contributed by atoms with E-state index in [9.17, 15) is 9.59 Å². The molecular weight excluding hydrogens is 328 g/mol. The summed E-state index contributed by atoms with van der Waals surface area (Å²) >= 11 is 0. The Labute approximate surface area is 156 Å². The van der Waals surface area contributed by atoms with Crippen molar-refractivity contribution >= 4 is 23.3 Å². The minimum atomic E-state index is -0.309. The van der Waals surface area contributed by atoms with Gasteiger partial charge in [0.1, 0.15) is 6.54 Å². The van der Waals surface area contributed by atoms with Crippen molar-refractivity contribution < 1.29 is 9.59 Å². The fourth-order valence-corrected chi connectivity index (χ4v) is 2.99. The largest absolute Gasteiger partial charge is 0.372 e. The number of hydrogen-bond acceptors (Lipinski definition) is 3. The van der Waals surface area contributed by atoms with Crippen LogP contribution in [0.3, 0.4) is 0 Å². The lowest BCUT2D eigenvalue weighted by atomic mass is 9.99. The van der Waals surface area contributed by atoms with Crippen molar-refractivity contribution in [2.75, 3.05) is 36.9 Å². The van der Waals surface area contributed by atoms with Crippen molar-refractivity contribution in [3.8, 4) is 0 Å². The number of carbonyl (C=O) groups is 2. The molecule has 144 valence electrons. The van der Waals surface area contributed by atoms with E-state index >= 15 is 0 Å². The zero-order valence-electron chi connectivity index (χ0n) is 16.6. The van der Waals surface area contributed by atoms with Crippen LogP contribution in [-0.4, -0.2) is 49.1 Å². The summed E-state index contributed by atoms with van der Waals surface area (Å²) in [7, 11) is 1.61. The van der Waals surface area contributed by atoms with E-state index in [4.69, 9.17) is 0 Å². The molecule has 1 fully saturated rings. The maximum absolute atomic E-state index is 12.3. The fraction of sp³-hybridized carbons (Fsp3) is 0.600. The van der Waals surface area contributed by atoms with E-state index in [-0.39, 0.29) is 24.0 Å².